The predicted molar refractivity (Wildman–Crippen MR) is 90.5 cm³/mol. The topological polar surface area (TPSA) is 46.2 Å². The summed E-state index contributed by atoms with van der Waals surface area (Å²) in [6, 6.07) is 16.9. The second-order valence-corrected chi connectivity index (χ2v) is 7.14. The molecule has 0 aromatic heterocycles. The molecule has 0 unspecified atom stereocenters. The molecule has 23 heavy (non-hydrogen) atoms. The van der Waals surface area contributed by atoms with Gasteiger partial charge in [-0.2, -0.15) is 0 Å². The number of benzene rings is 2. The van der Waals surface area contributed by atoms with Crippen LogP contribution in [0.15, 0.2) is 54.6 Å². The minimum atomic E-state index is -1.17. The van der Waals surface area contributed by atoms with Gasteiger partial charge in [0.05, 0.1) is 0 Å². The van der Waals surface area contributed by atoms with Crippen LogP contribution in [0, 0.1) is 0 Å². The molecule has 0 saturated heterocycles. The molecule has 3 rings (SSSR count). The Morgan fingerprint density at radius 2 is 1.61 bits per heavy atom. The lowest BCUT2D eigenvalue weighted by molar-refractivity contribution is -0.126. The van der Waals surface area contributed by atoms with Crippen molar-refractivity contribution in [2.75, 3.05) is 0 Å². The lowest BCUT2D eigenvalue weighted by Gasteiger charge is -2.31. The second kappa shape index (κ2) is 5.34. The normalized spacial score (nSPS) is 20.2. The van der Waals surface area contributed by atoms with Crippen molar-refractivity contribution < 1.29 is 9.59 Å². The number of hydrogen-bond donors (Lipinski definition) is 1. The van der Waals surface area contributed by atoms with Gasteiger partial charge < -0.3 is 5.32 Å². The minimum Gasteiger partial charge on any atom is -0.350 e. The molecule has 3 heteroatoms. The molecule has 2 aromatic carbocycles. The maximum Gasteiger partial charge on any atom is 0.239 e. The Balaban J connectivity index is 2.14. The zero-order valence-corrected chi connectivity index (χ0v) is 13.7. The van der Waals surface area contributed by atoms with E-state index in [1.54, 1.807) is 0 Å². The summed E-state index contributed by atoms with van der Waals surface area (Å²) in [4.78, 5) is 26.3. The van der Waals surface area contributed by atoms with E-state index in [4.69, 9.17) is 0 Å². The largest absolute Gasteiger partial charge is 0.350 e. The van der Waals surface area contributed by atoms with Crippen LogP contribution in [0.5, 0.6) is 0 Å². The van der Waals surface area contributed by atoms with Gasteiger partial charge in [-0.05, 0) is 38.3 Å². The molecule has 0 spiro atoms. The molecule has 3 nitrogen and oxygen atoms in total. The van der Waals surface area contributed by atoms with Crippen molar-refractivity contribution in [2.45, 2.75) is 38.1 Å². The summed E-state index contributed by atoms with van der Waals surface area (Å²) in [6.07, 6.45) is 0.411. The first-order valence-electron chi connectivity index (χ1n) is 7.85. The van der Waals surface area contributed by atoms with Crippen molar-refractivity contribution in [1.29, 1.82) is 0 Å². The smallest absolute Gasteiger partial charge is 0.239 e. The van der Waals surface area contributed by atoms with Gasteiger partial charge >= 0.3 is 0 Å². The van der Waals surface area contributed by atoms with Crippen LogP contribution < -0.4 is 5.32 Å². The quantitative estimate of drug-likeness (QED) is 0.866. The van der Waals surface area contributed by atoms with Crippen molar-refractivity contribution in [1.82, 2.24) is 5.32 Å². The van der Waals surface area contributed by atoms with E-state index in [1.807, 2.05) is 75.4 Å². The van der Waals surface area contributed by atoms with E-state index in [-0.39, 0.29) is 11.7 Å². The molecule has 2 aromatic rings. The number of carbonyl (C=O) groups excluding carboxylic acids is 2. The highest BCUT2D eigenvalue weighted by Crippen LogP contribution is 2.40. The average Bonchev–Trinajstić information content (AvgIpc) is 2.81. The molecule has 1 aliphatic rings. The summed E-state index contributed by atoms with van der Waals surface area (Å²) in [6.45, 7) is 5.78. The van der Waals surface area contributed by atoms with Crippen LogP contribution in [0.25, 0.3) is 0 Å². The lowest BCUT2D eigenvalue weighted by atomic mass is 9.75. The molecule has 0 saturated carbocycles. The summed E-state index contributed by atoms with van der Waals surface area (Å²) in [5, 5.41) is 3.01. The highest BCUT2D eigenvalue weighted by atomic mass is 16.2. The number of nitrogens with one attached hydrogen (secondary N) is 1. The van der Waals surface area contributed by atoms with E-state index in [1.165, 1.54) is 0 Å². The molecule has 0 fully saturated rings. The highest BCUT2D eigenvalue weighted by Gasteiger charge is 2.53. The third-order valence-electron chi connectivity index (χ3n) is 4.25. The number of Topliss-reactive ketones (excluding diaryl/α,β-unsaturated/α-hetero) is 1. The van der Waals surface area contributed by atoms with E-state index < -0.39 is 11.0 Å². The number of rotatable bonds is 2. The standard InChI is InChI=1S/C20H21NO2/c1-19(2,3)21-18(23)20(15-10-5-4-6-11-15)13-14-9-7-8-12-16(14)17(20)22/h4-12H,13H2,1-3H3,(H,21,23)/t20-/m1/s1. The highest BCUT2D eigenvalue weighted by molar-refractivity contribution is 6.22. The van der Waals surface area contributed by atoms with Crippen molar-refractivity contribution in [3.63, 3.8) is 0 Å². The number of hydrogen-bond acceptors (Lipinski definition) is 2. The molecule has 0 bridgehead atoms. The summed E-state index contributed by atoms with van der Waals surface area (Å²) in [7, 11) is 0. The minimum absolute atomic E-state index is 0.110. The van der Waals surface area contributed by atoms with Gasteiger partial charge in [-0.3, -0.25) is 9.59 Å². The molecule has 118 valence electrons. The van der Waals surface area contributed by atoms with Gasteiger partial charge in [0, 0.05) is 11.1 Å². The Hall–Kier alpha value is -2.42. The van der Waals surface area contributed by atoms with Gasteiger partial charge in [0.2, 0.25) is 5.91 Å². The first-order chi connectivity index (χ1) is 10.8. The van der Waals surface area contributed by atoms with E-state index in [9.17, 15) is 9.59 Å². The van der Waals surface area contributed by atoms with Gasteiger partial charge in [-0.25, -0.2) is 0 Å². The molecule has 1 amide bonds. The van der Waals surface area contributed by atoms with Crippen LogP contribution in [-0.2, 0) is 16.6 Å². The second-order valence-electron chi connectivity index (χ2n) is 7.14. The summed E-state index contributed by atoms with van der Waals surface area (Å²) in [5.41, 5.74) is 0.778. The Morgan fingerprint density at radius 1 is 1.00 bits per heavy atom. The van der Waals surface area contributed by atoms with Crippen LogP contribution in [0.2, 0.25) is 0 Å². The van der Waals surface area contributed by atoms with Gasteiger partial charge in [-0.15, -0.1) is 0 Å². The molecule has 1 atom stereocenters. The fraction of sp³-hybridized carbons (Fsp3) is 0.300. The Labute approximate surface area is 136 Å². The van der Waals surface area contributed by atoms with Crippen molar-refractivity contribution >= 4 is 11.7 Å². The molecule has 0 radical (unpaired) electrons. The zero-order valence-electron chi connectivity index (χ0n) is 13.7. The van der Waals surface area contributed by atoms with Crippen LogP contribution in [-0.4, -0.2) is 17.2 Å². The summed E-state index contributed by atoms with van der Waals surface area (Å²) >= 11 is 0. The molecular formula is C20H21NO2. The molecule has 1 N–H and O–H groups in total. The van der Waals surface area contributed by atoms with E-state index >= 15 is 0 Å². The van der Waals surface area contributed by atoms with Crippen LogP contribution >= 0.6 is 0 Å². The molecule has 0 aliphatic heterocycles. The van der Waals surface area contributed by atoms with E-state index in [2.05, 4.69) is 5.32 Å². The van der Waals surface area contributed by atoms with Gasteiger partial charge in [0.25, 0.3) is 0 Å². The van der Waals surface area contributed by atoms with E-state index in [0.717, 1.165) is 11.1 Å². The van der Waals surface area contributed by atoms with Crippen LogP contribution in [0.3, 0.4) is 0 Å². The summed E-state index contributed by atoms with van der Waals surface area (Å²) in [5.74, 6) is -0.335. The SMILES string of the molecule is CC(C)(C)NC(=O)[C@@]1(c2ccccc2)Cc2ccccc2C1=O. The number of amides is 1. The number of fused-ring (bicyclic) bond motifs is 1. The van der Waals surface area contributed by atoms with Crippen LogP contribution in [0.4, 0.5) is 0 Å². The summed E-state index contributed by atoms with van der Waals surface area (Å²) < 4.78 is 0. The van der Waals surface area contributed by atoms with Crippen molar-refractivity contribution in [3.05, 3.63) is 71.3 Å². The predicted octanol–water partition coefficient (Wildman–Crippen LogP) is 3.28. The zero-order chi connectivity index (χ0) is 16.7. The van der Waals surface area contributed by atoms with Gasteiger partial charge in [0.1, 0.15) is 5.41 Å². The monoisotopic (exact) mass is 307 g/mol. The molecule has 1 aliphatic carbocycles. The number of ketones is 1. The van der Waals surface area contributed by atoms with Crippen molar-refractivity contribution in [2.24, 2.45) is 0 Å². The molecule has 0 heterocycles. The third-order valence-corrected chi connectivity index (χ3v) is 4.25. The maximum atomic E-state index is 13.2. The van der Waals surface area contributed by atoms with Crippen LogP contribution in [0.1, 0.15) is 42.3 Å². The van der Waals surface area contributed by atoms with Gasteiger partial charge in [0.15, 0.2) is 5.78 Å². The fourth-order valence-corrected chi connectivity index (χ4v) is 3.21. The van der Waals surface area contributed by atoms with Gasteiger partial charge in [-0.1, -0.05) is 54.6 Å². The molecular weight excluding hydrogens is 286 g/mol. The third kappa shape index (κ3) is 2.56. The Bertz CT molecular complexity index is 759. The Morgan fingerprint density at radius 3 is 2.22 bits per heavy atom. The average molecular weight is 307 g/mol. The maximum absolute atomic E-state index is 13.2. The fourth-order valence-electron chi connectivity index (χ4n) is 3.21. The lowest BCUT2D eigenvalue weighted by Crippen LogP contribution is -2.54. The van der Waals surface area contributed by atoms with Crippen molar-refractivity contribution in [3.8, 4) is 0 Å². The van der Waals surface area contributed by atoms with E-state index in [0.29, 0.717) is 12.0 Å². The first-order valence-corrected chi connectivity index (χ1v) is 7.85. The Kier molecular flexibility index (Phi) is 3.59. The number of carbonyl (C=O) groups is 2. The first kappa shape index (κ1) is 15.5.